The van der Waals surface area contributed by atoms with Crippen molar-refractivity contribution < 1.29 is 9.00 Å². The maximum Gasteiger partial charge on any atom is 0.161 e. The second-order valence-electron chi connectivity index (χ2n) is 2.69. The molecule has 0 aromatic rings. The first-order valence-electron chi connectivity index (χ1n) is 3.55. The van der Waals surface area contributed by atoms with E-state index < -0.39 is 14.9 Å². The number of rotatable bonds is 2. The van der Waals surface area contributed by atoms with Crippen LogP contribution < -0.4 is 0 Å². The smallest absolute Gasteiger partial charge is 0.161 e. The summed E-state index contributed by atoms with van der Waals surface area (Å²) in [7, 11) is -1.02. The minimum absolute atomic E-state index is 0.172. The Labute approximate surface area is 73.6 Å². The second-order valence-corrected chi connectivity index (χ2v) is 5.66. The molecule has 64 valence electrons. The molecule has 2 atom stereocenters. The number of ketones is 1. The molecular weight excluding hydrogens is 180 g/mol. The molecule has 1 aliphatic rings. The standard InChI is InChI=1S/C7H12O2S2/c1-10-7(11(2)9)5-3-4-6(7)8/h3-5H2,1-2H3. The van der Waals surface area contributed by atoms with Crippen LogP contribution in [0.4, 0.5) is 0 Å². The number of hydrogen-bond donors (Lipinski definition) is 0. The lowest BCUT2D eigenvalue weighted by atomic mass is 10.3. The van der Waals surface area contributed by atoms with E-state index in [2.05, 4.69) is 0 Å². The number of hydrogen-bond acceptors (Lipinski definition) is 3. The van der Waals surface area contributed by atoms with Crippen molar-refractivity contribution >= 4 is 28.3 Å². The first-order chi connectivity index (χ1) is 5.13. The highest BCUT2D eigenvalue weighted by atomic mass is 32.2. The van der Waals surface area contributed by atoms with Crippen molar-refractivity contribution in [1.82, 2.24) is 0 Å². The van der Waals surface area contributed by atoms with E-state index in [0.717, 1.165) is 12.8 Å². The van der Waals surface area contributed by atoms with Gasteiger partial charge in [0.15, 0.2) is 5.78 Å². The van der Waals surface area contributed by atoms with Crippen molar-refractivity contribution in [2.75, 3.05) is 12.5 Å². The molecule has 0 spiro atoms. The van der Waals surface area contributed by atoms with E-state index in [0.29, 0.717) is 6.42 Å². The van der Waals surface area contributed by atoms with E-state index in [-0.39, 0.29) is 5.78 Å². The average molecular weight is 192 g/mol. The van der Waals surface area contributed by atoms with Gasteiger partial charge in [-0.3, -0.25) is 9.00 Å². The quantitative estimate of drug-likeness (QED) is 0.659. The highest BCUT2D eigenvalue weighted by Crippen LogP contribution is 2.39. The zero-order chi connectivity index (χ0) is 8.48. The fourth-order valence-corrected chi connectivity index (χ4v) is 3.92. The van der Waals surface area contributed by atoms with Crippen molar-refractivity contribution in [3.63, 3.8) is 0 Å². The van der Waals surface area contributed by atoms with Crippen LogP contribution in [0.15, 0.2) is 0 Å². The molecule has 0 radical (unpaired) electrons. The van der Waals surface area contributed by atoms with Crippen LogP contribution in [0.5, 0.6) is 0 Å². The molecule has 1 saturated carbocycles. The Balaban J connectivity index is 2.91. The Morgan fingerprint density at radius 2 is 2.27 bits per heavy atom. The molecule has 0 aliphatic heterocycles. The summed E-state index contributed by atoms with van der Waals surface area (Å²) in [6.07, 6.45) is 5.79. The second kappa shape index (κ2) is 3.27. The average Bonchev–Trinajstić information content (AvgIpc) is 2.32. The molecular formula is C7H12O2S2. The molecule has 0 bridgehead atoms. The maximum absolute atomic E-state index is 11.4. The highest BCUT2D eigenvalue weighted by molar-refractivity contribution is 8.13. The van der Waals surface area contributed by atoms with Crippen molar-refractivity contribution in [1.29, 1.82) is 0 Å². The third kappa shape index (κ3) is 1.38. The van der Waals surface area contributed by atoms with Gasteiger partial charge in [-0.1, -0.05) is 0 Å². The van der Waals surface area contributed by atoms with Crippen LogP contribution in [-0.2, 0) is 15.6 Å². The molecule has 1 aliphatic carbocycles. The van der Waals surface area contributed by atoms with Crippen LogP contribution in [0.25, 0.3) is 0 Å². The minimum atomic E-state index is -1.02. The summed E-state index contributed by atoms with van der Waals surface area (Å²) in [5, 5.41) is 0. The van der Waals surface area contributed by atoms with Crippen molar-refractivity contribution in [2.24, 2.45) is 0 Å². The summed E-state index contributed by atoms with van der Waals surface area (Å²) in [6, 6.07) is 0. The maximum atomic E-state index is 11.4. The minimum Gasteiger partial charge on any atom is -0.297 e. The Hall–Kier alpha value is 0.170. The summed E-state index contributed by atoms with van der Waals surface area (Å²) in [4.78, 5) is 11.4. The lowest BCUT2D eigenvalue weighted by molar-refractivity contribution is -0.117. The van der Waals surface area contributed by atoms with Gasteiger partial charge < -0.3 is 0 Å². The van der Waals surface area contributed by atoms with Crippen LogP contribution in [0, 0.1) is 0 Å². The van der Waals surface area contributed by atoms with Crippen LogP contribution in [0.1, 0.15) is 19.3 Å². The number of thioether (sulfide) groups is 1. The summed E-state index contributed by atoms with van der Waals surface area (Å²) >= 11 is 1.45. The fourth-order valence-electron chi connectivity index (χ4n) is 1.45. The van der Waals surface area contributed by atoms with Gasteiger partial charge in [0.25, 0.3) is 0 Å². The summed E-state index contributed by atoms with van der Waals surface area (Å²) in [5.74, 6) is 0.172. The van der Waals surface area contributed by atoms with Gasteiger partial charge in [-0.25, -0.2) is 0 Å². The van der Waals surface area contributed by atoms with Crippen LogP contribution in [-0.4, -0.2) is 26.6 Å². The SMILES string of the molecule is CSC1(S(C)=O)CCCC1=O. The Morgan fingerprint density at radius 3 is 2.45 bits per heavy atom. The summed E-state index contributed by atoms with van der Waals surface area (Å²) in [5.41, 5.74) is 0. The van der Waals surface area contributed by atoms with Gasteiger partial charge in [0.05, 0.1) is 0 Å². The topological polar surface area (TPSA) is 34.1 Å². The molecule has 0 aromatic heterocycles. The fraction of sp³-hybridized carbons (Fsp3) is 0.857. The molecule has 0 N–H and O–H groups in total. The Bertz CT molecular complexity index is 203. The summed E-state index contributed by atoms with van der Waals surface area (Å²) in [6.45, 7) is 0. The predicted octanol–water partition coefficient (Wildman–Crippen LogP) is 1.18. The molecule has 4 heteroatoms. The van der Waals surface area contributed by atoms with Crippen molar-refractivity contribution in [3.05, 3.63) is 0 Å². The molecule has 2 nitrogen and oxygen atoms in total. The lowest BCUT2D eigenvalue weighted by Crippen LogP contribution is -2.33. The van der Waals surface area contributed by atoms with Crippen LogP contribution in [0.2, 0.25) is 0 Å². The van der Waals surface area contributed by atoms with Gasteiger partial charge in [0.1, 0.15) is 4.08 Å². The van der Waals surface area contributed by atoms with E-state index in [4.69, 9.17) is 0 Å². The van der Waals surface area contributed by atoms with Crippen LogP contribution >= 0.6 is 11.8 Å². The Morgan fingerprint density at radius 1 is 1.64 bits per heavy atom. The summed E-state index contributed by atoms with van der Waals surface area (Å²) < 4.78 is 10.7. The zero-order valence-corrected chi connectivity index (χ0v) is 8.39. The number of carbonyl (C=O) groups excluding carboxylic acids is 1. The van der Waals surface area contributed by atoms with E-state index in [1.165, 1.54) is 11.8 Å². The molecule has 0 aromatic carbocycles. The van der Waals surface area contributed by atoms with Gasteiger partial charge in [-0.15, -0.1) is 11.8 Å². The number of carbonyl (C=O) groups is 1. The lowest BCUT2D eigenvalue weighted by Gasteiger charge is -2.21. The van der Waals surface area contributed by atoms with E-state index in [9.17, 15) is 9.00 Å². The van der Waals surface area contributed by atoms with Crippen LogP contribution in [0.3, 0.4) is 0 Å². The number of Topliss-reactive ketones (excluding diaryl/α,β-unsaturated/α-hetero) is 1. The third-order valence-electron chi connectivity index (χ3n) is 2.13. The highest BCUT2D eigenvalue weighted by Gasteiger charge is 2.44. The van der Waals surface area contributed by atoms with Gasteiger partial charge in [0.2, 0.25) is 0 Å². The monoisotopic (exact) mass is 192 g/mol. The molecule has 11 heavy (non-hydrogen) atoms. The predicted molar refractivity (Wildman–Crippen MR) is 49.2 cm³/mol. The van der Waals surface area contributed by atoms with Gasteiger partial charge >= 0.3 is 0 Å². The van der Waals surface area contributed by atoms with E-state index >= 15 is 0 Å². The molecule has 1 fully saturated rings. The molecule has 0 heterocycles. The van der Waals surface area contributed by atoms with Gasteiger partial charge in [-0.05, 0) is 19.1 Å². The Kier molecular flexibility index (Phi) is 2.75. The van der Waals surface area contributed by atoms with E-state index in [1.54, 1.807) is 6.26 Å². The third-order valence-corrected chi connectivity index (χ3v) is 5.78. The van der Waals surface area contributed by atoms with Gasteiger partial charge in [0, 0.05) is 23.5 Å². The molecule has 0 amide bonds. The first kappa shape index (κ1) is 9.26. The normalized spacial score (nSPS) is 34.2. The molecule has 0 saturated heterocycles. The van der Waals surface area contributed by atoms with Crippen molar-refractivity contribution in [3.8, 4) is 0 Å². The zero-order valence-electron chi connectivity index (χ0n) is 6.75. The largest absolute Gasteiger partial charge is 0.297 e. The molecule has 2 unspecified atom stereocenters. The van der Waals surface area contributed by atoms with E-state index in [1.807, 2.05) is 6.26 Å². The molecule has 1 rings (SSSR count). The van der Waals surface area contributed by atoms with Crippen molar-refractivity contribution in [2.45, 2.75) is 23.3 Å². The first-order valence-corrected chi connectivity index (χ1v) is 6.34. The van der Waals surface area contributed by atoms with Gasteiger partial charge in [-0.2, -0.15) is 0 Å².